The topological polar surface area (TPSA) is 38.8 Å². The predicted molar refractivity (Wildman–Crippen MR) is 40.3 cm³/mol. The molecule has 0 N–H and O–H groups in total. The maximum Gasteiger partial charge on any atom is 0.334 e. The second kappa shape index (κ2) is 3.24. The number of halogens is 1. The zero-order valence-corrected chi connectivity index (χ0v) is 6.93. The molecule has 2 unspecified atom stereocenters. The first-order valence-corrected chi connectivity index (χ1v) is 3.67. The van der Waals surface area contributed by atoms with Gasteiger partial charge in [-0.05, 0) is 6.92 Å². The highest BCUT2D eigenvalue weighted by molar-refractivity contribution is 6.21. The van der Waals surface area contributed by atoms with Gasteiger partial charge in [0.2, 0.25) is 5.56 Å². The molecule has 62 valence electrons. The largest absolute Gasteiger partial charge is 0.440 e. The SMILES string of the molecule is C=C(C)C(=O)OC(Cl)C1CO1. The summed E-state index contributed by atoms with van der Waals surface area (Å²) in [6, 6.07) is 0. The Morgan fingerprint density at radius 1 is 1.91 bits per heavy atom. The molecule has 0 spiro atoms. The van der Waals surface area contributed by atoms with Crippen LogP contribution in [-0.4, -0.2) is 24.2 Å². The zero-order chi connectivity index (χ0) is 8.43. The minimum absolute atomic E-state index is 0.125. The molecule has 1 aliphatic rings. The van der Waals surface area contributed by atoms with Gasteiger partial charge in [0.15, 0.2) is 0 Å². The van der Waals surface area contributed by atoms with E-state index in [4.69, 9.17) is 21.1 Å². The van der Waals surface area contributed by atoms with Crippen molar-refractivity contribution in [1.29, 1.82) is 0 Å². The molecule has 0 aromatic carbocycles. The van der Waals surface area contributed by atoms with Crippen LogP contribution in [0, 0.1) is 0 Å². The van der Waals surface area contributed by atoms with Gasteiger partial charge in [-0.3, -0.25) is 0 Å². The van der Waals surface area contributed by atoms with E-state index < -0.39 is 11.5 Å². The fourth-order valence-corrected chi connectivity index (χ4v) is 0.712. The second-order valence-electron chi connectivity index (χ2n) is 2.41. The quantitative estimate of drug-likeness (QED) is 0.280. The van der Waals surface area contributed by atoms with Crippen molar-refractivity contribution in [3.8, 4) is 0 Å². The summed E-state index contributed by atoms with van der Waals surface area (Å²) in [5.74, 6) is -0.472. The number of rotatable bonds is 3. The molecular formula is C7H9ClO3. The van der Waals surface area contributed by atoms with Crippen molar-refractivity contribution in [1.82, 2.24) is 0 Å². The number of hydrogen-bond donors (Lipinski definition) is 0. The highest BCUT2D eigenvalue weighted by atomic mass is 35.5. The number of alkyl halides is 1. The normalized spacial score (nSPS) is 24.0. The minimum atomic E-state index is -0.667. The van der Waals surface area contributed by atoms with E-state index in [9.17, 15) is 4.79 Å². The van der Waals surface area contributed by atoms with Crippen LogP contribution in [0.25, 0.3) is 0 Å². The smallest absolute Gasteiger partial charge is 0.334 e. The molecule has 0 aromatic heterocycles. The van der Waals surface area contributed by atoms with Gasteiger partial charge < -0.3 is 9.47 Å². The number of ether oxygens (including phenoxy) is 2. The number of hydrogen-bond acceptors (Lipinski definition) is 3. The summed E-state index contributed by atoms with van der Waals surface area (Å²) in [5.41, 5.74) is -0.324. The lowest BCUT2D eigenvalue weighted by Crippen LogP contribution is -2.18. The van der Waals surface area contributed by atoms with Gasteiger partial charge in [-0.2, -0.15) is 0 Å². The van der Waals surface area contributed by atoms with Gasteiger partial charge in [-0.25, -0.2) is 4.79 Å². The Hall–Kier alpha value is -0.540. The molecule has 11 heavy (non-hydrogen) atoms. The van der Waals surface area contributed by atoms with Gasteiger partial charge in [-0.1, -0.05) is 18.2 Å². The predicted octanol–water partition coefficient (Wildman–Crippen LogP) is 1.07. The van der Waals surface area contributed by atoms with Crippen LogP contribution in [-0.2, 0) is 14.3 Å². The van der Waals surface area contributed by atoms with E-state index in [-0.39, 0.29) is 6.10 Å². The molecule has 4 heteroatoms. The molecule has 3 nitrogen and oxygen atoms in total. The maximum atomic E-state index is 10.8. The summed E-state index contributed by atoms with van der Waals surface area (Å²) < 4.78 is 9.55. The minimum Gasteiger partial charge on any atom is -0.440 e. The number of esters is 1. The van der Waals surface area contributed by atoms with E-state index >= 15 is 0 Å². The summed E-state index contributed by atoms with van der Waals surface area (Å²) in [5, 5.41) is 0. The molecule has 1 rings (SSSR count). The Morgan fingerprint density at radius 2 is 2.45 bits per heavy atom. The Balaban J connectivity index is 2.28. The van der Waals surface area contributed by atoms with Crippen molar-refractivity contribution in [3.05, 3.63) is 12.2 Å². The van der Waals surface area contributed by atoms with Gasteiger partial charge in [-0.15, -0.1) is 0 Å². The Morgan fingerprint density at radius 3 is 2.82 bits per heavy atom. The van der Waals surface area contributed by atoms with Crippen LogP contribution in [0.2, 0.25) is 0 Å². The van der Waals surface area contributed by atoms with Crippen molar-refractivity contribution in [3.63, 3.8) is 0 Å². The standard InChI is InChI=1S/C7H9ClO3/c1-4(2)7(9)11-6(8)5-3-10-5/h5-6H,1,3H2,2H3. The lowest BCUT2D eigenvalue weighted by Gasteiger charge is -2.07. The van der Waals surface area contributed by atoms with E-state index in [1.165, 1.54) is 0 Å². The maximum absolute atomic E-state index is 10.8. The zero-order valence-electron chi connectivity index (χ0n) is 6.17. The van der Waals surface area contributed by atoms with Crippen LogP contribution >= 0.6 is 11.6 Å². The third kappa shape index (κ3) is 2.52. The Kier molecular flexibility index (Phi) is 2.52. The summed E-state index contributed by atoms with van der Waals surface area (Å²) in [7, 11) is 0. The summed E-state index contributed by atoms with van der Waals surface area (Å²) in [6.07, 6.45) is -0.125. The molecule has 0 aliphatic carbocycles. The van der Waals surface area contributed by atoms with Crippen LogP contribution in [0.3, 0.4) is 0 Å². The van der Waals surface area contributed by atoms with Crippen LogP contribution in [0.15, 0.2) is 12.2 Å². The first-order valence-electron chi connectivity index (χ1n) is 3.23. The summed E-state index contributed by atoms with van der Waals surface area (Å²) >= 11 is 5.61. The first-order chi connectivity index (χ1) is 5.11. The molecule has 2 atom stereocenters. The molecule has 1 saturated heterocycles. The van der Waals surface area contributed by atoms with Gasteiger partial charge in [0.05, 0.1) is 6.61 Å². The van der Waals surface area contributed by atoms with Crippen LogP contribution in [0.5, 0.6) is 0 Å². The average Bonchev–Trinajstić information content (AvgIpc) is 2.67. The molecule has 0 saturated carbocycles. The number of carbonyl (C=O) groups excluding carboxylic acids is 1. The van der Waals surface area contributed by atoms with E-state index in [0.29, 0.717) is 12.2 Å². The van der Waals surface area contributed by atoms with E-state index in [1.807, 2.05) is 0 Å². The van der Waals surface area contributed by atoms with Crippen LogP contribution in [0.4, 0.5) is 0 Å². The van der Waals surface area contributed by atoms with Crippen molar-refractivity contribution in [2.75, 3.05) is 6.61 Å². The third-order valence-corrected chi connectivity index (χ3v) is 1.59. The molecular weight excluding hydrogens is 168 g/mol. The lowest BCUT2D eigenvalue weighted by molar-refractivity contribution is -0.141. The molecule has 0 aromatic rings. The van der Waals surface area contributed by atoms with Gasteiger partial charge in [0.1, 0.15) is 6.10 Å². The molecule has 0 amide bonds. The first kappa shape index (κ1) is 8.56. The van der Waals surface area contributed by atoms with Crippen LogP contribution in [0.1, 0.15) is 6.92 Å². The van der Waals surface area contributed by atoms with Gasteiger partial charge in [0.25, 0.3) is 0 Å². The number of carbonyl (C=O) groups is 1. The highest BCUT2D eigenvalue weighted by Gasteiger charge is 2.34. The summed E-state index contributed by atoms with van der Waals surface area (Å²) in [6.45, 7) is 5.55. The Labute approximate surface area is 69.9 Å². The molecule has 1 aliphatic heterocycles. The van der Waals surface area contributed by atoms with Crippen molar-refractivity contribution in [2.24, 2.45) is 0 Å². The van der Waals surface area contributed by atoms with Crippen LogP contribution < -0.4 is 0 Å². The van der Waals surface area contributed by atoms with Gasteiger partial charge >= 0.3 is 5.97 Å². The average molecular weight is 177 g/mol. The second-order valence-corrected chi connectivity index (χ2v) is 2.84. The van der Waals surface area contributed by atoms with Crippen molar-refractivity contribution >= 4 is 17.6 Å². The number of epoxide rings is 1. The lowest BCUT2D eigenvalue weighted by atomic mass is 10.4. The van der Waals surface area contributed by atoms with Crippen molar-refractivity contribution < 1.29 is 14.3 Å². The van der Waals surface area contributed by atoms with Crippen molar-refractivity contribution in [2.45, 2.75) is 18.6 Å². The summed E-state index contributed by atoms with van der Waals surface area (Å²) in [4.78, 5) is 10.8. The molecule has 0 radical (unpaired) electrons. The fraction of sp³-hybridized carbons (Fsp3) is 0.571. The Bertz CT molecular complexity index is 186. The molecule has 1 fully saturated rings. The third-order valence-electron chi connectivity index (χ3n) is 1.22. The van der Waals surface area contributed by atoms with E-state index in [1.54, 1.807) is 6.92 Å². The van der Waals surface area contributed by atoms with Gasteiger partial charge in [0, 0.05) is 5.57 Å². The van der Waals surface area contributed by atoms with E-state index in [0.717, 1.165) is 0 Å². The fourth-order valence-electron chi connectivity index (χ4n) is 0.486. The monoisotopic (exact) mass is 176 g/mol. The molecule has 1 heterocycles. The molecule has 0 bridgehead atoms. The van der Waals surface area contributed by atoms with E-state index in [2.05, 4.69) is 6.58 Å². The highest BCUT2D eigenvalue weighted by Crippen LogP contribution is 2.20.